The summed E-state index contributed by atoms with van der Waals surface area (Å²) in [5, 5.41) is 55.6. The van der Waals surface area contributed by atoms with Gasteiger partial charge >= 0.3 is 20.1 Å². The molecule has 7 aromatic rings. The summed E-state index contributed by atoms with van der Waals surface area (Å²) in [5.41, 5.74) is 1.77. The number of nitriles is 3. The van der Waals surface area contributed by atoms with E-state index in [1.54, 1.807) is 67.0 Å². The number of pyridine rings is 5. The van der Waals surface area contributed by atoms with E-state index in [1.807, 2.05) is 0 Å². The average molecular weight is 1020 g/mol. The number of hydrogen-bond acceptors (Lipinski definition) is 14. The standard InChI is InChI=1S/2C11H7F2N.3C7H4N2O2.Ir/c2*12-8-4-5-9(10(13)7-8)11-3-1-2-6-14-11;3*8-4-5-1-2-9-6(3-5)7(10)11;/h2*1-7H;3*1-3H,(H,10,11);/q;;;;;+3/p-3. The van der Waals surface area contributed by atoms with Crippen molar-refractivity contribution in [1.29, 1.82) is 15.8 Å². The normalized spacial score (nSPS) is 9.18. The molecular formula is C43H23F4IrN8O6. The molecule has 0 saturated carbocycles. The van der Waals surface area contributed by atoms with E-state index >= 15 is 0 Å². The number of hydrogen-bond donors (Lipinski definition) is 0. The first-order chi connectivity index (χ1) is 29.3. The number of nitrogens with zero attached hydrogens (tertiary/aromatic N) is 8. The fraction of sp³-hybridized carbons (Fsp3) is 0. The van der Waals surface area contributed by atoms with Crippen molar-refractivity contribution in [1.82, 2.24) is 24.9 Å². The third-order valence-corrected chi connectivity index (χ3v) is 7.04. The fourth-order valence-electron chi connectivity index (χ4n) is 4.27. The molecule has 0 atom stereocenters. The van der Waals surface area contributed by atoms with Crippen LogP contribution in [0.1, 0.15) is 48.2 Å². The van der Waals surface area contributed by atoms with Gasteiger partial charge in [0.05, 0.1) is 81.3 Å². The number of carboxylic acid groups (broad SMARTS) is 3. The van der Waals surface area contributed by atoms with Crippen LogP contribution in [0.4, 0.5) is 17.6 Å². The number of benzene rings is 2. The molecule has 0 fully saturated rings. The number of carboxylic acids is 3. The molecule has 0 aliphatic carbocycles. The number of aromatic nitrogens is 5. The third kappa shape index (κ3) is 16.4. The minimum absolute atomic E-state index is 0. The largest absolute Gasteiger partial charge is 3.00 e. The number of carbonyl (C=O) groups is 3. The minimum atomic E-state index is -1.37. The quantitative estimate of drug-likeness (QED) is 0.221. The molecule has 62 heavy (non-hydrogen) atoms. The third-order valence-electron chi connectivity index (χ3n) is 7.04. The Kier molecular flexibility index (Phi) is 20.6. The van der Waals surface area contributed by atoms with Crippen LogP contribution in [0.3, 0.4) is 0 Å². The van der Waals surface area contributed by atoms with E-state index in [4.69, 9.17) is 15.8 Å². The number of halogens is 4. The monoisotopic (exact) mass is 1020 g/mol. The summed E-state index contributed by atoms with van der Waals surface area (Å²) in [6, 6.07) is 30.4. The Morgan fingerprint density at radius 3 is 1.00 bits per heavy atom. The maximum absolute atomic E-state index is 13.3. The molecule has 308 valence electrons. The van der Waals surface area contributed by atoms with Crippen molar-refractivity contribution in [3.05, 3.63) is 197 Å². The van der Waals surface area contributed by atoms with Gasteiger partial charge in [0, 0.05) is 54.2 Å². The van der Waals surface area contributed by atoms with Gasteiger partial charge in [0.25, 0.3) is 0 Å². The molecule has 0 bridgehead atoms. The zero-order valence-electron chi connectivity index (χ0n) is 31.2. The molecule has 0 aliphatic rings. The van der Waals surface area contributed by atoms with Crippen LogP contribution in [-0.2, 0) is 20.1 Å². The zero-order chi connectivity index (χ0) is 44.7. The van der Waals surface area contributed by atoms with Gasteiger partial charge < -0.3 is 29.7 Å². The maximum atomic E-state index is 13.3. The summed E-state index contributed by atoms with van der Waals surface area (Å²) in [5.74, 6) is -6.47. The maximum Gasteiger partial charge on any atom is 3.00 e. The van der Waals surface area contributed by atoms with Crippen LogP contribution < -0.4 is 15.3 Å². The molecule has 2 aromatic carbocycles. The van der Waals surface area contributed by atoms with Crippen LogP contribution in [-0.4, -0.2) is 42.8 Å². The molecule has 0 amide bonds. The van der Waals surface area contributed by atoms with Crippen molar-refractivity contribution in [2.75, 3.05) is 0 Å². The van der Waals surface area contributed by atoms with Crippen LogP contribution in [0.2, 0.25) is 0 Å². The van der Waals surface area contributed by atoms with Crippen molar-refractivity contribution >= 4 is 17.9 Å². The van der Waals surface area contributed by atoms with Crippen LogP contribution in [0.5, 0.6) is 0 Å². The predicted octanol–water partition coefficient (Wildman–Crippen LogP) is 4.00. The van der Waals surface area contributed by atoms with E-state index in [1.165, 1.54) is 61.1 Å². The van der Waals surface area contributed by atoms with Crippen molar-refractivity contribution in [3.8, 4) is 40.7 Å². The average Bonchev–Trinajstić information content (AvgIpc) is 3.28. The Bertz CT molecular complexity index is 2500. The van der Waals surface area contributed by atoms with E-state index in [-0.39, 0.29) is 53.9 Å². The molecule has 0 spiro atoms. The second kappa shape index (κ2) is 25.7. The van der Waals surface area contributed by atoms with Gasteiger partial charge in [0.1, 0.15) is 23.3 Å². The molecule has 19 heteroatoms. The van der Waals surface area contributed by atoms with Crippen molar-refractivity contribution in [3.63, 3.8) is 0 Å². The smallest absolute Gasteiger partial charge is 0.543 e. The molecule has 0 saturated heterocycles. The van der Waals surface area contributed by atoms with E-state index in [9.17, 15) is 47.3 Å². The van der Waals surface area contributed by atoms with Gasteiger partial charge in [0.2, 0.25) is 0 Å². The number of aromatic carboxylic acids is 3. The van der Waals surface area contributed by atoms with E-state index < -0.39 is 41.2 Å². The topological polar surface area (TPSA) is 256 Å². The molecule has 14 nitrogen and oxygen atoms in total. The summed E-state index contributed by atoms with van der Waals surface area (Å²) >= 11 is 0. The predicted molar refractivity (Wildman–Crippen MR) is 199 cm³/mol. The first kappa shape index (κ1) is 49.6. The van der Waals surface area contributed by atoms with Gasteiger partial charge in [-0.15, -0.1) is 0 Å². The van der Waals surface area contributed by atoms with Crippen LogP contribution in [0.15, 0.2) is 140 Å². The van der Waals surface area contributed by atoms with Gasteiger partial charge in [-0.1, -0.05) is 12.1 Å². The van der Waals surface area contributed by atoms with Crippen LogP contribution >= 0.6 is 0 Å². The van der Waals surface area contributed by atoms with Gasteiger partial charge in [0.15, 0.2) is 0 Å². The molecule has 0 unspecified atom stereocenters. The first-order valence-electron chi connectivity index (χ1n) is 16.7. The Hall–Kier alpha value is -8.56. The second-order valence-electron chi connectivity index (χ2n) is 11.2. The Morgan fingerprint density at radius 1 is 0.435 bits per heavy atom. The number of carbonyl (C=O) groups excluding carboxylic acids is 3. The van der Waals surface area contributed by atoms with Gasteiger partial charge in [-0.25, -0.2) is 17.6 Å². The summed E-state index contributed by atoms with van der Waals surface area (Å²) < 4.78 is 51.7. The van der Waals surface area contributed by atoms with Crippen molar-refractivity contribution < 1.29 is 67.4 Å². The van der Waals surface area contributed by atoms with Gasteiger partial charge in [-0.2, -0.15) is 15.8 Å². The Labute approximate surface area is 362 Å². The first-order valence-corrected chi connectivity index (χ1v) is 16.7. The summed E-state index contributed by atoms with van der Waals surface area (Å²) in [6.07, 6.45) is 6.90. The van der Waals surface area contributed by atoms with Gasteiger partial charge in [-0.3, -0.25) is 24.9 Å². The molecule has 7 rings (SSSR count). The molecule has 5 heterocycles. The Morgan fingerprint density at radius 2 is 0.758 bits per heavy atom. The second-order valence-corrected chi connectivity index (χ2v) is 11.2. The molecule has 0 radical (unpaired) electrons. The molecule has 0 aliphatic heterocycles. The molecular weight excluding hydrogens is 993 g/mol. The fourth-order valence-corrected chi connectivity index (χ4v) is 4.27. The Balaban J connectivity index is 0.000000267. The minimum Gasteiger partial charge on any atom is -0.543 e. The SMILES string of the molecule is Fc1ccc(-c2ccccn2)c(F)c1.Fc1ccc(-c2ccccn2)c(F)c1.N#Cc1ccnc(C(=O)[O-])c1.N#Cc1ccnc(C(=O)[O-])c1.N#Cc1ccnc(C(=O)[O-])c1.[Ir+3]. The van der Waals surface area contributed by atoms with E-state index in [0.717, 1.165) is 30.3 Å². The van der Waals surface area contributed by atoms with Crippen molar-refractivity contribution in [2.24, 2.45) is 0 Å². The summed E-state index contributed by atoms with van der Waals surface area (Å²) in [6.45, 7) is 0. The molecule has 5 aromatic heterocycles. The van der Waals surface area contributed by atoms with Crippen LogP contribution in [0.25, 0.3) is 22.5 Å². The zero-order valence-corrected chi connectivity index (χ0v) is 33.5. The van der Waals surface area contributed by atoms with Crippen molar-refractivity contribution in [2.45, 2.75) is 0 Å². The van der Waals surface area contributed by atoms with E-state index in [2.05, 4.69) is 24.9 Å². The van der Waals surface area contributed by atoms with Crippen LogP contribution in [0, 0.1) is 57.3 Å². The molecule has 0 N–H and O–H groups in total. The van der Waals surface area contributed by atoms with Gasteiger partial charge in [-0.05, 0) is 84.9 Å². The van der Waals surface area contributed by atoms with E-state index in [0.29, 0.717) is 22.5 Å². The number of rotatable bonds is 5. The summed E-state index contributed by atoms with van der Waals surface area (Å²) in [4.78, 5) is 48.9. The summed E-state index contributed by atoms with van der Waals surface area (Å²) in [7, 11) is 0.